The molecule has 52 heavy (non-hydrogen) atoms. The van der Waals surface area contributed by atoms with Crippen LogP contribution >= 0.6 is 0 Å². The van der Waals surface area contributed by atoms with E-state index in [1.165, 1.54) is 30.3 Å². The van der Waals surface area contributed by atoms with Crippen molar-refractivity contribution < 1.29 is 52.1 Å². The largest absolute Gasteiger partial charge is 0.460 e. The lowest BCUT2D eigenvalue weighted by Crippen LogP contribution is -2.63. The van der Waals surface area contributed by atoms with Crippen molar-refractivity contribution in [1.82, 2.24) is 0 Å². The van der Waals surface area contributed by atoms with Gasteiger partial charge in [0.05, 0.1) is 5.41 Å². The second-order valence-corrected chi connectivity index (χ2v) is 13.7. The number of rotatable bonds is 8. The second kappa shape index (κ2) is 11.9. The molecule has 0 amide bonds. The molecule has 6 aromatic carbocycles. The van der Waals surface area contributed by atoms with Crippen LogP contribution in [0.3, 0.4) is 0 Å². The molecule has 0 aromatic heterocycles. The van der Waals surface area contributed by atoms with E-state index in [1.807, 2.05) is 97.1 Å². The lowest BCUT2D eigenvalue weighted by molar-refractivity contribution is -0.382. The van der Waals surface area contributed by atoms with Crippen LogP contribution in [0.4, 0.5) is 39.5 Å². The fourth-order valence-corrected chi connectivity index (χ4v) is 7.82. The van der Waals surface area contributed by atoms with Crippen molar-refractivity contribution in [1.29, 1.82) is 0 Å². The third-order valence-electron chi connectivity index (χ3n) is 9.28. The van der Waals surface area contributed by atoms with Crippen LogP contribution in [-0.4, -0.2) is 31.7 Å². The van der Waals surface area contributed by atoms with Gasteiger partial charge < -0.3 is 4.18 Å². The van der Waals surface area contributed by atoms with Gasteiger partial charge in [0.1, 0.15) is 0 Å². The summed E-state index contributed by atoms with van der Waals surface area (Å²) in [4.78, 5) is 0. The predicted molar refractivity (Wildman–Crippen MR) is 177 cm³/mol. The molecule has 0 spiro atoms. The lowest BCUT2D eigenvalue weighted by Gasteiger charge is -2.34. The van der Waals surface area contributed by atoms with Gasteiger partial charge in [-0.3, -0.25) is 0 Å². The molecule has 0 heterocycles. The van der Waals surface area contributed by atoms with Crippen molar-refractivity contribution in [3.63, 3.8) is 0 Å². The van der Waals surface area contributed by atoms with Crippen molar-refractivity contribution in [3.05, 3.63) is 162 Å². The molecular weight excluding hydrogens is 719 g/mol. The van der Waals surface area contributed by atoms with Gasteiger partial charge in [-0.15, -0.1) is 0 Å². The van der Waals surface area contributed by atoms with Gasteiger partial charge in [0.15, 0.2) is 5.75 Å². The molecule has 1 aliphatic rings. The van der Waals surface area contributed by atoms with E-state index in [4.69, 9.17) is 0 Å². The van der Waals surface area contributed by atoms with E-state index in [0.29, 0.717) is 11.1 Å². The van der Waals surface area contributed by atoms with Crippen LogP contribution in [0.2, 0.25) is 0 Å². The van der Waals surface area contributed by atoms with Gasteiger partial charge in [-0.05, 0) is 68.1 Å². The van der Waals surface area contributed by atoms with E-state index in [-0.39, 0.29) is 10.8 Å². The fraction of sp³-hybridized carbons (Fsp3) is 0.128. The first-order chi connectivity index (χ1) is 24.5. The summed E-state index contributed by atoms with van der Waals surface area (Å²) in [6, 6.07) is 40.7. The highest BCUT2D eigenvalue weighted by Crippen LogP contribution is 2.58. The molecule has 0 fully saturated rings. The van der Waals surface area contributed by atoms with Gasteiger partial charge in [-0.2, -0.15) is 47.9 Å². The Labute approximate surface area is 291 Å². The molecule has 0 unspecified atom stereocenters. The minimum Gasteiger partial charge on any atom is -0.377 e. The van der Waals surface area contributed by atoms with E-state index in [9.17, 15) is 47.9 Å². The maximum absolute atomic E-state index is 14.6. The van der Waals surface area contributed by atoms with Crippen LogP contribution in [0.1, 0.15) is 22.3 Å². The van der Waals surface area contributed by atoms with Crippen LogP contribution in [0.15, 0.2) is 140 Å². The zero-order valence-electron chi connectivity index (χ0n) is 26.3. The monoisotopic (exact) mass is 742 g/mol. The average molecular weight is 743 g/mol. The summed E-state index contributed by atoms with van der Waals surface area (Å²) >= 11 is 0. The molecule has 0 N–H and O–H groups in total. The predicted octanol–water partition coefficient (Wildman–Crippen LogP) is 11.0. The van der Waals surface area contributed by atoms with Crippen molar-refractivity contribution in [3.8, 4) is 28.0 Å². The summed E-state index contributed by atoms with van der Waals surface area (Å²) in [6.07, 6.45) is -7.21. The van der Waals surface area contributed by atoms with Crippen molar-refractivity contribution >= 4 is 20.9 Å². The Morgan fingerprint density at radius 3 is 1.58 bits per heavy atom. The maximum Gasteiger partial charge on any atom is 0.460 e. The number of halogens is 9. The molecule has 3 nitrogen and oxygen atoms in total. The topological polar surface area (TPSA) is 43.4 Å². The fourth-order valence-electron chi connectivity index (χ4n) is 6.90. The van der Waals surface area contributed by atoms with E-state index >= 15 is 0 Å². The van der Waals surface area contributed by atoms with Crippen LogP contribution in [0.25, 0.3) is 33.0 Å². The standard InChI is InChI=1S/C39H23F9O3S/c40-36(41,38(44,45)46)37(42,43)39(47,48)52(49,50)51-34-22-21-27(28-15-7-8-17-31(28)34)24-19-20-30-29-16-9-10-18-32(29)35(33(30)23-24,25-11-3-1-4-12-25)26-13-5-2-6-14-26/h1-23H. The molecule has 6 aromatic rings. The summed E-state index contributed by atoms with van der Waals surface area (Å²) < 4.78 is 152. The zero-order valence-corrected chi connectivity index (χ0v) is 27.1. The highest BCUT2D eigenvalue weighted by Gasteiger charge is 2.86. The summed E-state index contributed by atoms with van der Waals surface area (Å²) in [6.45, 7) is 0. The van der Waals surface area contributed by atoms with Gasteiger partial charge in [-0.25, -0.2) is 0 Å². The smallest absolute Gasteiger partial charge is 0.377 e. The Hall–Kier alpha value is -5.30. The van der Waals surface area contributed by atoms with E-state index in [0.717, 1.165) is 39.4 Å². The van der Waals surface area contributed by atoms with Crippen molar-refractivity contribution in [2.75, 3.05) is 0 Å². The third kappa shape index (κ3) is 4.92. The van der Waals surface area contributed by atoms with Gasteiger partial charge in [0.2, 0.25) is 0 Å². The summed E-state index contributed by atoms with van der Waals surface area (Å²) in [7, 11) is -7.16. The minimum absolute atomic E-state index is 0.173. The highest BCUT2D eigenvalue weighted by molar-refractivity contribution is 7.88. The molecule has 0 saturated carbocycles. The molecule has 0 atom stereocenters. The van der Waals surface area contributed by atoms with Gasteiger partial charge >= 0.3 is 33.4 Å². The summed E-state index contributed by atoms with van der Waals surface area (Å²) in [5.41, 5.74) is 5.85. The number of benzene rings is 6. The summed E-state index contributed by atoms with van der Waals surface area (Å²) in [5, 5.41) is -7.07. The zero-order chi connectivity index (χ0) is 37.3. The Balaban J connectivity index is 1.38. The van der Waals surface area contributed by atoms with Crippen LogP contribution in [0, 0.1) is 0 Å². The molecule has 266 valence electrons. The Morgan fingerprint density at radius 1 is 0.481 bits per heavy atom. The van der Waals surface area contributed by atoms with Gasteiger partial charge in [0.25, 0.3) is 0 Å². The molecule has 1 aliphatic carbocycles. The number of hydrogen-bond donors (Lipinski definition) is 0. The van der Waals surface area contributed by atoms with Crippen LogP contribution in [-0.2, 0) is 15.5 Å². The molecule has 0 aliphatic heterocycles. The summed E-state index contributed by atoms with van der Waals surface area (Å²) in [5.74, 6) is -15.9. The van der Waals surface area contributed by atoms with Gasteiger partial charge in [0, 0.05) is 5.39 Å². The van der Waals surface area contributed by atoms with E-state index in [2.05, 4.69) is 4.18 Å². The number of fused-ring (bicyclic) bond motifs is 4. The van der Waals surface area contributed by atoms with Crippen molar-refractivity contribution in [2.45, 2.75) is 28.7 Å². The molecule has 0 bridgehead atoms. The SMILES string of the molecule is O=S(=O)(Oc1ccc(-c2ccc3c(c2)C(c2ccccc2)(c2ccccc2)c2ccccc2-3)c2ccccc12)C(F)(F)C(F)(F)C(F)(F)C(F)(F)F. The quantitative estimate of drug-likeness (QED) is 0.115. The minimum atomic E-state index is -7.43. The Bertz CT molecular complexity index is 2390. The molecule has 0 radical (unpaired) electrons. The van der Waals surface area contributed by atoms with Crippen LogP contribution in [0.5, 0.6) is 5.75 Å². The van der Waals surface area contributed by atoms with E-state index < -0.39 is 44.6 Å². The van der Waals surface area contributed by atoms with Crippen LogP contribution < -0.4 is 4.18 Å². The Kier molecular flexibility index (Phi) is 8.02. The molecule has 13 heteroatoms. The first kappa shape index (κ1) is 35.1. The molecular formula is C39H23F9O3S. The first-order valence-corrected chi connectivity index (χ1v) is 16.9. The molecule has 0 saturated heterocycles. The third-order valence-corrected chi connectivity index (χ3v) is 10.6. The van der Waals surface area contributed by atoms with E-state index in [1.54, 1.807) is 6.07 Å². The number of alkyl halides is 9. The highest BCUT2D eigenvalue weighted by atomic mass is 32.2. The average Bonchev–Trinajstić information content (AvgIpc) is 3.42. The normalized spacial score (nSPS) is 14.6. The number of hydrogen-bond acceptors (Lipinski definition) is 3. The first-order valence-electron chi connectivity index (χ1n) is 15.5. The maximum atomic E-state index is 14.6. The lowest BCUT2D eigenvalue weighted by atomic mass is 9.67. The second-order valence-electron chi connectivity index (χ2n) is 12.1. The Morgan fingerprint density at radius 2 is 0.981 bits per heavy atom. The van der Waals surface area contributed by atoms with Crippen molar-refractivity contribution in [2.24, 2.45) is 0 Å². The molecule has 7 rings (SSSR count). The van der Waals surface area contributed by atoms with Gasteiger partial charge in [-0.1, -0.05) is 121 Å².